The van der Waals surface area contributed by atoms with E-state index in [-0.39, 0.29) is 37.2 Å². The zero-order valence-electron chi connectivity index (χ0n) is 29.9. The molecule has 2 aliphatic heterocycles. The van der Waals surface area contributed by atoms with Crippen LogP contribution in [0.15, 0.2) is 30.4 Å². The molecular weight excluding hydrogens is 695 g/mol. The topological polar surface area (TPSA) is 186 Å². The first kappa shape index (κ1) is 37.4. The van der Waals surface area contributed by atoms with Crippen LogP contribution < -0.4 is 20.1 Å². The number of para-hydroxylation sites is 1. The zero-order valence-corrected chi connectivity index (χ0v) is 30.8. The van der Waals surface area contributed by atoms with Gasteiger partial charge in [0, 0.05) is 12.3 Å². The summed E-state index contributed by atoms with van der Waals surface area (Å²) in [5.74, 6) is -3.00. The van der Waals surface area contributed by atoms with Crippen LogP contribution in [0.5, 0.6) is 5.88 Å². The van der Waals surface area contributed by atoms with Gasteiger partial charge in [0.05, 0.1) is 17.3 Å². The van der Waals surface area contributed by atoms with Crippen LogP contribution in [-0.2, 0) is 35.6 Å². The lowest BCUT2D eigenvalue weighted by Gasteiger charge is -2.30. The molecule has 4 amide bonds. The Hall–Kier alpha value is -4.34. The Morgan fingerprint density at radius 1 is 1.12 bits per heavy atom. The second kappa shape index (κ2) is 14.6. The Kier molecular flexibility index (Phi) is 10.5. The molecule has 2 aliphatic carbocycles. The van der Waals surface area contributed by atoms with E-state index in [2.05, 4.69) is 25.3 Å². The summed E-state index contributed by atoms with van der Waals surface area (Å²) in [6.45, 7) is 6.88. The molecule has 5 unspecified atom stereocenters. The molecule has 2 saturated carbocycles. The van der Waals surface area contributed by atoms with E-state index in [1.54, 1.807) is 26.8 Å². The van der Waals surface area contributed by atoms with Gasteiger partial charge < -0.3 is 25.0 Å². The first-order valence-corrected chi connectivity index (χ1v) is 19.6. The molecule has 2 aromatic rings. The number of allylic oxidation sites excluding steroid dienone is 1. The maximum atomic E-state index is 14.7. The van der Waals surface area contributed by atoms with Crippen molar-refractivity contribution in [2.24, 2.45) is 5.92 Å². The standard InChI is InChI=1S/C36H47FN6O8S/c1-5-25-31(40-29-24(37)13-11-15-26(29)38-25)50-22-18-28-30(44)41-36(33(46)42-52(48,49)23-16-17-23)19-21(36)12-9-7-6-8-10-14-27(32(45)43(28)20-22)39-34(47)51-35(2,3)4/h9,11-13,15,21-23,27-28H,5-8,10,14,16-20H2,1-4H3,(H,39,47)(H,41,44)(H,42,46). The number of hydrogen-bond acceptors (Lipinski definition) is 10. The summed E-state index contributed by atoms with van der Waals surface area (Å²) in [6, 6.07) is 2.23. The van der Waals surface area contributed by atoms with Crippen LogP contribution in [0, 0.1) is 11.7 Å². The number of amides is 4. The summed E-state index contributed by atoms with van der Waals surface area (Å²) < 4.78 is 54.3. The monoisotopic (exact) mass is 742 g/mol. The number of rotatable bonds is 7. The number of aryl methyl sites for hydroxylation is 1. The van der Waals surface area contributed by atoms with Crippen molar-refractivity contribution in [1.29, 1.82) is 0 Å². The van der Waals surface area contributed by atoms with Crippen molar-refractivity contribution in [1.82, 2.24) is 30.2 Å². The first-order chi connectivity index (χ1) is 24.6. The first-order valence-electron chi connectivity index (χ1n) is 18.1. The highest BCUT2D eigenvalue weighted by Gasteiger charge is 2.62. The molecule has 14 nitrogen and oxygen atoms in total. The molecule has 6 rings (SSSR count). The van der Waals surface area contributed by atoms with Crippen LogP contribution in [0.4, 0.5) is 9.18 Å². The van der Waals surface area contributed by atoms with E-state index >= 15 is 0 Å². The second-order valence-corrected chi connectivity index (χ2v) is 17.1. The maximum absolute atomic E-state index is 14.7. The van der Waals surface area contributed by atoms with Gasteiger partial charge in [0.25, 0.3) is 5.91 Å². The lowest BCUT2D eigenvalue weighted by atomic mass is 10.0. The predicted molar refractivity (Wildman–Crippen MR) is 188 cm³/mol. The van der Waals surface area contributed by atoms with E-state index in [1.807, 2.05) is 19.1 Å². The van der Waals surface area contributed by atoms with Crippen LogP contribution in [0.1, 0.15) is 91.2 Å². The van der Waals surface area contributed by atoms with E-state index in [0.29, 0.717) is 43.3 Å². The number of carbonyl (C=O) groups excluding carboxylic acids is 4. The molecule has 282 valence electrons. The molecule has 4 aliphatic rings. The van der Waals surface area contributed by atoms with Crippen LogP contribution in [-0.4, -0.2) is 88.2 Å². The van der Waals surface area contributed by atoms with E-state index in [1.165, 1.54) is 17.0 Å². The van der Waals surface area contributed by atoms with Gasteiger partial charge in [-0.2, -0.15) is 0 Å². The fourth-order valence-corrected chi connectivity index (χ4v) is 8.21. The van der Waals surface area contributed by atoms with Gasteiger partial charge in [0.1, 0.15) is 40.5 Å². The Morgan fingerprint density at radius 3 is 2.60 bits per heavy atom. The van der Waals surface area contributed by atoms with E-state index in [0.717, 1.165) is 12.8 Å². The summed E-state index contributed by atoms with van der Waals surface area (Å²) in [5.41, 5.74) is -1.53. The number of halogens is 1. The summed E-state index contributed by atoms with van der Waals surface area (Å²) >= 11 is 0. The van der Waals surface area contributed by atoms with Crippen LogP contribution in [0.25, 0.3) is 11.0 Å². The van der Waals surface area contributed by atoms with Gasteiger partial charge in [0.2, 0.25) is 27.7 Å². The van der Waals surface area contributed by atoms with Crippen molar-refractivity contribution in [2.45, 2.75) is 126 Å². The van der Waals surface area contributed by atoms with E-state index in [4.69, 9.17) is 9.47 Å². The number of hydrogen-bond donors (Lipinski definition) is 3. The fourth-order valence-electron chi connectivity index (χ4n) is 6.84. The highest BCUT2D eigenvalue weighted by Crippen LogP contribution is 2.46. The van der Waals surface area contributed by atoms with Gasteiger partial charge in [-0.1, -0.05) is 38.0 Å². The molecule has 52 heavy (non-hydrogen) atoms. The minimum atomic E-state index is -3.91. The second-order valence-electron chi connectivity index (χ2n) is 15.1. The number of fused-ring (bicyclic) bond motifs is 3. The van der Waals surface area contributed by atoms with Gasteiger partial charge in [-0.15, -0.1) is 0 Å². The maximum Gasteiger partial charge on any atom is 0.408 e. The Bertz CT molecular complexity index is 1880. The normalized spacial score (nSPS) is 27.1. The largest absolute Gasteiger partial charge is 0.471 e. The van der Waals surface area contributed by atoms with Crippen molar-refractivity contribution in [3.05, 3.63) is 41.9 Å². The number of nitrogens with zero attached hydrogens (tertiary/aromatic N) is 3. The minimum absolute atomic E-state index is 0.0138. The average Bonchev–Trinajstić information content (AvgIpc) is 3.99. The lowest BCUT2D eigenvalue weighted by Crippen LogP contribution is -2.58. The number of benzene rings is 1. The average molecular weight is 743 g/mol. The molecule has 0 spiro atoms. The van der Waals surface area contributed by atoms with Crippen molar-refractivity contribution in [3.8, 4) is 5.88 Å². The van der Waals surface area contributed by atoms with E-state index < -0.39 is 80.2 Å². The quantitative estimate of drug-likeness (QED) is 0.354. The highest BCUT2D eigenvalue weighted by atomic mass is 32.2. The molecule has 3 N–H and O–H groups in total. The van der Waals surface area contributed by atoms with Crippen molar-refractivity contribution >= 4 is 44.9 Å². The van der Waals surface area contributed by atoms with Gasteiger partial charge in [-0.05, 0) is 77.8 Å². The smallest absolute Gasteiger partial charge is 0.408 e. The molecule has 0 radical (unpaired) electrons. The Labute approximate surface area is 302 Å². The lowest BCUT2D eigenvalue weighted by molar-refractivity contribution is -0.141. The molecule has 1 saturated heterocycles. The van der Waals surface area contributed by atoms with Crippen LogP contribution in [0.3, 0.4) is 0 Å². The van der Waals surface area contributed by atoms with Crippen LogP contribution >= 0.6 is 0 Å². The number of sulfonamides is 1. The number of nitrogens with one attached hydrogen (secondary N) is 3. The van der Waals surface area contributed by atoms with Crippen molar-refractivity contribution < 1.29 is 41.5 Å². The zero-order chi connectivity index (χ0) is 37.4. The third-order valence-corrected chi connectivity index (χ3v) is 11.6. The molecule has 3 heterocycles. The molecule has 1 aromatic carbocycles. The number of carbonyl (C=O) groups is 4. The number of alkyl carbamates (subject to hydrolysis) is 1. The SMILES string of the molecule is CCc1nc2cccc(F)c2nc1OC1CC2C(=O)NC3(C(=O)NS(=O)(=O)C4CC4)CC3C=CCCCCCC(NC(=O)OC(C)(C)C)C(=O)N2C1. The van der Waals surface area contributed by atoms with Gasteiger partial charge in [-0.3, -0.25) is 19.1 Å². The van der Waals surface area contributed by atoms with Gasteiger partial charge in [-0.25, -0.2) is 27.6 Å². The predicted octanol–water partition coefficient (Wildman–Crippen LogP) is 3.58. The van der Waals surface area contributed by atoms with E-state index in [9.17, 15) is 32.0 Å². The number of ether oxygens (including phenoxy) is 2. The molecule has 3 fully saturated rings. The molecule has 0 bridgehead atoms. The molecular formula is C36H47FN6O8S. The Morgan fingerprint density at radius 2 is 1.88 bits per heavy atom. The third-order valence-electron chi connectivity index (χ3n) is 9.83. The summed E-state index contributed by atoms with van der Waals surface area (Å²) in [5, 5.41) is 4.89. The molecule has 16 heteroatoms. The highest BCUT2D eigenvalue weighted by molar-refractivity contribution is 7.91. The number of aromatic nitrogens is 2. The van der Waals surface area contributed by atoms with Gasteiger partial charge in [0.15, 0.2) is 5.82 Å². The molecule has 1 aromatic heterocycles. The fraction of sp³-hybridized carbons (Fsp3) is 0.611. The van der Waals surface area contributed by atoms with Crippen LogP contribution in [0.2, 0.25) is 0 Å². The molecule has 5 atom stereocenters. The summed E-state index contributed by atoms with van der Waals surface area (Å²) in [6.07, 6.45) is 6.71. The summed E-state index contributed by atoms with van der Waals surface area (Å²) in [4.78, 5) is 65.6. The minimum Gasteiger partial charge on any atom is -0.471 e. The van der Waals surface area contributed by atoms with Crippen molar-refractivity contribution in [3.63, 3.8) is 0 Å². The van der Waals surface area contributed by atoms with Crippen molar-refractivity contribution in [2.75, 3.05) is 6.54 Å². The summed E-state index contributed by atoms with van der Waals surface area (Å²) in [7, 11) is -3.91. The third kappa shape index (κ3) is 8.31. The van der Waals surface area contributed by atoms with Gasteiger partial charge >= 0.3 is 6.09 Å². The Balaban J connectivity index is 1.32.